The Morgan fingerprint density at radius 2 is 0.906 bits per heavy atom. The Hall–Kier alpha value is -0.640. The summed E-state index contributed by atoms with van der Waals surface area (Å²) in [4.78, 5) is 25.0. The van der Waals surface area contributed by atoms with E-state index in [1.54, 1.807) is 0 Å². The summed E-state index contributed by atoms with van der Waals surface area (Å²) in [6, 6.07) is 16.3. The highest BCUT2D eigenvalue weighted by Gasteiger charge is 2.26. The Balaban J connectivity index is 0.00000480. The molecule has 2 amide bonds. The number of carbonyl (C=O) groups excluding carboxylic acids is 2. The monoisotopic (exact) mass is 604 g/mol. The third-order valence-electron chi connectivity index (χ3n) is 5.62. The zero-order valence-corrected chi connectivity index (χ0v) is 24.2. The first-order valence-electron chi connectivity index (χ1n) is 10.2. The zero-order valence-electron chi connectivity index (χ0n) is 19.2. The van der Waals surface area contributed by atoms with Gasteiger partial charge in [0.25, 0.3) is 0 Å². The number of benzene rings is 2. The lowest BCUT2D eigenvalue weighted by atomic mass is 10.0. The van der Waals surface area contributed by atoms with E-state index in [2.05, 4.69) is 25.3 Å². The molecule has 0 unspecified atom stereocenters. The van der Waals surface area contributed by atoms with Crippen LogP contribution in [0.25, 0.3) is 11.1 Å². The second-order valence-corrected chi connectivity index (χ2v) is 9.69. The van der Waals surface area contributed by atoms with Gasteiger partial charge in [0.15, 0.2) is 0 Å². The standard InChI is InChI=1S/C24H32N2O2S2.2BrH/c1-25(2,13-15-29)23(27)17-19-5-9-21(10-6-19)22-11-7-20(8-12-22)18-24(28)26(3,4)14-16-30;;/h5-12H,13-18H2,1-4H3;2*1H. The van der Waals surface area contributed by atoms with Crippen molar-refractivity contribution in [3.8, 4) is 11.1 Å². The summed E-state index contributed by atoms with van der Waals surface area (Å²) < 4.78 is 0.684. The number of quaternary nitrogens is 2. The summed E-state index contributed by atoms with van der Waals surface area (Å²) in [6.07, 6.45) is 0.838. The van der Waals surface area contributed by atoms with Crippen LogP contribution in [0.2, 0.25) is 0 Å². The number of hydrogen-bond acceptors (Lipinski definition) is 4. The molecule has 0 fully saturated rings. The van der Waals surface area contributed by atoms with Gasteiger partial charge in [0.05, 0.1) is 54.1 Å². The Morgan fingerprint density at radius 3 is 1.16 bits per heavy atom. The van der Waals surface area contributed by atoms with E-state index < -0.39 is 0 Å². The normalized spacial score (nSPS) is 11.3. The Labute approximate surface area is 224 Å². The number of hydrogen-bond donors (Lipinski definition) is 2. The number of likely N-dealkylation sites (N-methyl/N-ethyl adjacent to an activating group) is 2. The Bertz CT molecular complexity index is 797. The highest BCUT2D eigenvalue weighted by atomic mass is 79.9. The SMILES string of the molecule is C[N+](C)(CCS)C(=O)Cc1ccc(-c2ccc(CC(=O)[N+](C)(C)CCS)cc2)cc1.[Br-].[Br-]. The number of rotatable bonds is 9. The minimum absolute atomic E-state index is 0. The number of carbonyl (C=O) groups is 2. The van der Waals surface area contributed by atoms with Crippen LogP contribution >= 0.6 is 25.3 Å². The first-order valence-corrected chi connectivity index (χ1v) is 11.5. The molecule has 0 saturated heterocycles. The van der Waals surface area contributed by atoms with E-state index in [-0.39, 0.29) is 45.8 Å². The fourth-order valence-corrected chi connectivity index (χ4v) is 4.16. The maximum Gasteiger partial charge on any atom is 0.317 e. The molecule has 0 heterocycles. The molecule has 0 aliphatic rings. The predicted octanol–water partition coefficient (Wildman–Crippen LogP) is -2.49. The summed E-state index contributed by atoms with van der Waals surface area (Å²) in [5.74, 6) is 1.74. The molecule has 8 heteroatoms. The molecule has 0 N–H and O–H groups in total. The Morgan fingerprint density at radius 1 is 0.625 bits per heavy atom. The van der Waals surface area contributed by atoms with Crippen LogP contribution in [0.15, 0.2) is 48.5 Å². The number of halogens is 2. The van der Waals surface area contributed by atoms with Crippen LogP contribution in [-0.2, 0) is 22.4 Å². The van der Waals surface area contributed by atoms with Gasteiger partial charge in [-0.15, -0.1) is 0 Å². The van der Waals surface area contributed by atoms with Crippen molar-refractivity contribution in [3.05, 3.63) is 59.7 Å². The minimum atomic E-state index is 0. The van der Waals surface area contributed by atoms with Gasteiger partial charge in [-0.05, 0) is 22.3 Å². The maximum atomic E-state index is 12.5. The van der Waals surface area contributed by atoms with Gasteiger partial charge >= 0.3 is 11.8 Å². The van der Waals surface area contributed by atoms with Crippen LogP contribution in [0.5, 0.6) is 0 Å². The highest BCUT2D eigenvalue weighted by molar-refractivity contribution is 7.80. The average molecular weight is 606 g/mol. The molecule has 0 atom stereocenters. The molecule has 4 nitrogen and oxygen atoms in total. The van der Waals surface area contributed by atoms with Crippen molar-refractivity contribution in [2.75, 3.05) is 52.8 Å². The van der Waals surface area contributed by atoms with Gasteiger partial charge in [-0.1, -0.05) is 48.5 Å². The van der Waals surface area contributed by atoms with Gasteiger partial charge < -0.3 is 34.0 Å². The minimum Gasteiger partial charge on any atom is -1.00 e. The predicted molar refractivity (Wildman–Crippen MR) is 131 cm³/mol. The number of nitrogens with zero attached hydrogens (tertiary/aromatic N) is 2. The van der Waals surface area contributed by atoms with E-state index in [4.69, 9.17) is 0 Å². The molecule has 178 valence electrons. The van der Waals surface area contributed by atoms with Crippen molar-refractivity contribution in [2.24, 2.45) is 0 Å². The first kappa shape index (κ1) is 31.4. The summed E-state index contributed by atoms with van der Waals surface area (Å²) in [7, 11) is 7.71. The first-order chi connectivity index (χ1) is 14.1. The highest BCUT2D eigenvalue weighted by Crippen LogP contribution is 2.21. The second-order valence-electron chi connectivity index (χ2n) is 8.80. The smallest absolute Gasteiger partial charge is 0.317 e. The number of thiol groups is 2. The quantitative estimate of drug-likeness (QED) is 0.245. The molecule has 0 aromatic heterocycles. The third-order valence-corrected chi connectivity index (χ3v) is 6.02. The molecule has 2 aromatic carbocycles. The lowest BCUT2D eigenvalue weighted by molar-refractivity contribution is -0.811. The molecule has 2 aromatic rings. The zero-order chi connectivity index (χ0) is 22.4. The van der Waals surface area contributed by atoms with Gasteiger partial charge in [0, 0.05) is 11.5 Å². The van der Waals surface area contributed by atoms with Crippen LogP contribution in [-0.4, -0.2) is 73.6 Å². The molecule has 0 aliphatic heterocycles. The topological polar surface area (TPSA) is 34.1 Å². The average Bonchev–Trinajstić information content (AvgIpc) is 2.69. The molecule has 0 bridgehead atoms. The van der Waals surface area contributed by atoms with Crippen LogP contribution in [0.4, 0.5) is 0 Å². The lowest BCUT2D eigenvalue weighted by Crippen LogP contribution is -3.00. The van der Waals surface area contributed by atoms with Crippen LogP contribution in [0.1, 0.15) is 11.1 Å². The van der Waals surface area contributed by atoms with Gasteiger partial charge in [0.1, 0.15) is 0 Å². The van der Waals surface area contributed by atoms with Crippen molar-refractivity contribution < 1.29 is 52.5 Å². The maximum absolute atomic E-state index is 12.5. The van der Waals surface area contributed by atoms with Gasteiger partial charge in [0.2, 0.25) is 0 Å². The van der Waals surface area contributed by atoms with E-state index in [1.165, 1.54) is 0 Å². The number of amides is 2. The summed E-state index contributed by atoms with van der Waals surface area (Å²) in [5, 5.41) is 0. The van der Waals surface area contributed by atoms with Gasteiger partial charge in [-0.25, -0.2) is 9.59 Å². The summed E-state index contributed by atoms with van der Waals surface area (Å²) in [6.45, 7) is 1.44. The fourth-order valence-electron chi connectivity index (χ4n) is 3.16. The van der Waals surface area contributed by atoms with Crippen molar-refractivity contribution in [1.82, 2.24) is 0 Å². The van der Waals surface area contributed by atoms with E-state index in [0.717, 1.165) is 35.3 Å². The molecule has 0 aliphatic carbocycles. The van der Waals surface area contributed by atoms with E-state index in [1.807, 2.05) is 76.7 Å². The van der Waals surface area contributed by atoms with Crippen molar-refractivity contribution in [1.29, 1.82) is 0 Å². The largest absolute Gasteiger partial charge is 1.00 e. The fraction of sp³-hybridized carbons (Fsp3) is 0.417. The van der Waals surface area contributed by atoms with Crippen molar-refractivity contribution in [3.63, 3.8) is 0 Å². The third kappa shape index (κ3) is 8.95. The van der Waals surface area contributed by atoms with Gasteiger partial charge in [-0.3, -0.25) is 8.97 Å². The van der Waals surface area contributed by atoms with Crippen LogP contribution in [0, 0.1) is 0 Å². The van der Waals surface area contributed by atoms with Crippen LogP contribution in [0.3, 0.4) is 0 Å². The van der Waals surface area contributed by atoms with Crippen molar-refractivity contribution >= 4 is 37.1 Å². The van der Waals surface area contributed by atoms with Crippen molar-refractivity contribution in [2.45, 2.75) is 12.8 Å². The molecular weight excluding hydrogens is 572 g/mol. The van der Waals surface area contributed by atoms with E-state index >= 15 is 0 Å². The Kier molecular flexibility index (Phi) is 13.6. The van der Waals surface area contributed by atoms with Gasteiger partial charge in [-0.2, -0.15) is 25.3 Å². The van der Waals surface area contributed by atoms with E-state index in [0.29, 0.717) is 33.3 Å². The molecule has 32 heavy (non-hydrogen) atoms. The molecule has 0 spiro atoms. The molecule has 2 rings (SSSR count). The lowest BCUT2D eigenvalue weighted by Gasteiger charge is -2.26. The molecule has 0 saturated carbocycles. The van der Waals surface area contributed by atoms with Crippen LogP contribution < -0.4 is 34.0 Å². The van der Waals surface area contributed by atoms with E-state index in [9.17, 15) is 9.59 Å². The summed E-state index contributed by atoms with van der Waals surface area (Å²) in [5.41, 5.74) is 4.22. The summed E-state index contributed by atoms with van der Waals surface area (Å²) >= 11 is 8.49. The molecule has 0 radical (unpaired) electrons. The second kappa shape index (κ2) is 13.9. The molecular formula is C24H34Br2N2O2S2.